The molecule has 0 heterocycles. The van der Waals surface area contributed by atoms with E-state index in [4.69, 9.17) is 9.47 Å². The first kappa shape index (κ1) is 17.1. The highest BCUT2D eigenvalue weighted by molar-refractivity contribution is 6.14. The molecule has 2 aromatic carbocycles. The molecule has 0 bridgehead atoms. The van der Waals surface area contributed by atoms with Gasteiger partial charge in [0.25, 0.3) is 0 Å². The molecule has 2 rings (SSSR count). The second-order valence-corrected chi connectivity index (χ2v) is 5.14. The van der Waals surface area contributed by atoms with Gasteiger partial charge in [0.1, 0.15) is 11.6 Å². The van der Waals surface area contributed by atoms with Crippen molar-refractivity contribution in [2.75, 3.05) is 14.2 Å². The highest BCUT2D eigenvalue weighted by atomic mass is 16.5. The number of ketones is 1. The minimum absolute atomic E-state index is 0.0182. The Morgan fingerprint density at radius 2 is 1.79 bits per heavy atom. The van der Waals surface area contributed by atoms with Gasteiger partial charge in [-0.15, -0.1) is 0 Å². The highest BCUT2D eigenvalue weighted by Crippen LogP contribution is 2.37. The van der Waals surface area contributed by atoms with Gasteiger partial charge in [-0.3, -0.25) is 4.79 Å². The zero-order valence-corrected chi connectivity index (χ0v) is 13.7. The molecule has 1 N–H and O–H groups in total. The van der Waals surface area contributed by atoms with Gasteiger partial charge in [0.2, 0.25) is 11.5 Å². The number of benzene rings is 2. The number of aryl methyl sites for hydroxylation is 1. The average Bonchev–Trinajstić information content (AvgIpc) is 2.60. The molecular weight excluding hydrogens is 306 g/mol. The van der Waals surface area contributed by atoms with E-state index in [0.29, 0.717) is 11.1 Å². The molecule has 122 valence electrons. The SMILES string of the molecule is COc1cc(/C=C(\C#N)C(=O)c2cccc(C)c2)cc(OC)c1O. The van der Waals surface area contributed by atoms with E-state index in [1.165, 1.54) is 32.4 Å². The van der Waals surface area contributed by atoms with E-state index in [2.05, 4.69) is 0 Å². The summed E-state index contributed by atoms with van der Waals surface area (Å²) >= 11 is 0. The zero-order valence-electron chi connectivity index (χ0n) is 13.7. The minimum atomic E-state index is -0.368. The first-order valence-corrected chi connectivity index (χ1v) is 7.18. The van der Waals surface area contributed by atoms with Crippen LogP contribution < -0.4 is 9.47 Å². The Morgan fingerprint density at radius 3 is 2.29 bits per heavy atom. The summed E-state index contributed by atoms with van der Waals surface area (Å²) in [6, 6.07) is 12.0. The van der Waals surface area contributed by atoms with Crippen molar-refractivity contribution in [2.24, 2.45) is 0 Å². The Labute approximate surface area is 140 Å². The van der Waals surface area contributed by atoms with Gasteiger partial charge in [-0.2, -0.15) is 5.26 Å². The molecule has 0 spiro atoms. The molecule has 0 aromatic heterocycles. The Kier molecular flexibility index (Phi) is 5.23. The predicted molar refractivity (Wildman–Crippen MR) is 90.3 cm³/mol. The number of allylic oxidation sites excluding steroid dienone is 1. The summed E-state index contributed by atoms with van der Waals surface area (Å²) in [4.78, 5) is 12.5. The summed E-state index contributed by atoms with van der Waals surface area (Å²) in [6.07, 6.45) is 1.44. The number of ether oxygens (including phenoxy) is 2. The van der Waals surface area contributed by atoms with Crippen molar-refractivity contribution < 1.29 is 19.4 Å². The number of carbonyl (C=O) groups is 1. The van der Waals surface area contributed by atoms with Crippen LogP contribution in [0, 0.1) is 18.3 Å². The van der Waals surface area contributed by atoms with E-state index in [1.807, 2.05) is 19.1 Å². The smallest absolute Gasteiger partial charge is 0.203 e. The number of nitrogens with zero attached hydrogens (tertiary/aromatic N) is 1. The van der Waals surface area contributed by atoms with Crippen LogP contribution in [0.25, 0.3) is 6.08 Å². The van der Waals surface area contributed by atoms with Crippen molar-refractivity contribution in [3.63, 3.8) is 0 Å². The van der Waals surface area contributed by atoms with Gasteiger partial charge in [-0.25, -0.2) is 0 Å². The number of phenols is 1. The van der Waals surface area contributed by atoms with Crippen molar-refractivity contribution in [3.8, 4) is 23.3 Å². The molecule has 0 fully saturated rings. The summed E-state index contributed by atoms with van der Waals surface area (Å²) in [5.41, 5.74) is 1.88. The number of hydrogen-bond acceptors (Lipinski definition) is 5. The van der Waals surface area contributed by atoms with Gasteiger partial charge in [-0.05, 0) is 36.8 Å². The van der Waals surface area contributed by atoms with Crippen molar-refractivity contribution in [1.82, 2.24) is 0 Å². The largest absolute Gasteiger partial charge is 0.502 e. The Morgan fingerprint density at radius 1 is 1.17 bits per heavy atom. The molecule has 24 heavy (non-hydrogen) atoms. The van der Waals surface area contributed by atoms with Gasteiger partial charge in [0.05, 0.1) is 14.2 Å². The van der Waals surface area contributed by atoms with Crippen LogP contribution in [0.5, 0.6) is 17.2 Å². The lowest BCUT2D eigenvalue weighted by Crippen LogP contribution is -2.02. The number of phenolic OH excluding ortho intramolecular Hbond substituents is 1. The average molecular weight is 323 g/mol. The Hall–Kier alpha value is -3.26. The molecule has 0 saturated heterocycles. The van der Waals surface area contributed by atoms with Crippen LogP contribution in [-0.4, -0.2) is 25.1 Å². The number of carbonyl (C=O) groups excluding carboxylic acids is 1. The van der Waals surface area contributed by atoms with E-state index in [1.54, 1.807) is 18.2 Å². The Balaban J connectivity index is 2.48. The van der Waals surface area contributed by atoms with Crippen molar-refractivity contribution in [3.05, 3.63) is 58.7 Å². The van der Waals surface area contributed by atoms with Crippen LogP contribution in [0.4, 0.5) is 0 Å². The molecule has 5 heteroatoms. The predicted octanol–water partition coefficient (Wildman–Crippen LogP) is 3.51. The summed E-state index contributed by atoms with van der Waals surface area (Å²) in [5, 5.41) is 19.3. The summed E-state index contributed by atoms with van der Waals surface area (Å²) in [5.74, 6) is -0.116. The molecule has 0 aliphatic rings. The van der Waals surface area contributed by atoms with Crippen LogP contribution >= 0.6 is 0 Å². The second-order valence-electron chi connectivity index (χ2n) is 5.14. The number of methoxy groups -OCH3 is 2. The summed E-state index contributed by atoms with van der Waals surface area (Å²) < 4.78 is 10.2. The molecule has 0 saturated carbocycles. The van der Waals surface area contributed by atoms with E-state index in [-0.39, 0.29) is 28.6 Å². The quantitative estimate of drug-likeness (QED) is 0.517. The lowest BCUT2D eigenvalue weighted by atomic mass is 10.0. The maximum absolute atomic E-state index is 12.5. The topological polar surface area (TPSA) is 79.5 Å². The summed E-state index contributed by atoms with van der Waals surface area (Å²) in [7, 11) is 2.82. The third-order valence-corrected chi connectivity index (χ3v) is 3.46. The summed E-state index contributed by atoms with van der Waals surface area (Å²) in [6.45, 7) is 1.88. The first-order chi connectivity index (χ1) is 11.5. The van der Waals surface area contributed by atoms with Gasteiger partial charge in [-0.1, -0.05) is 23.8 Å². The van der Waals surface area contributed by atoms with E-state index in [9.17, 15) is 15.2 Å². The molecule has 0 unspecified atom stereocenters. The second kappa shape index (κ2) is 7.34. The molecular formula is C19H17NO4. The van der Waals surface area contributed by atoms with Crippen LogP contribution in [0.2, 0.25) is 0 Å². The monoisotopic (exact) mass is 323 g/mol. The van der Waals surface area contributed by atoms with Gasteiger partial charge in [0.15, 0.2) is 11.5 Å². The molecule has 0 aliphatic heterocycles. The van der Waals surface area contributed by atoms with Crippen LogP contribution in [0.15, 0.2) is 42.0 Å². The number of nitriles is 1. The van der Waals surface area contributed by atoms with Gasteiger partial charge >= 0.3 is 0 Å². The highest BCUT2D eigenvalue weighted by Gasteiger charge is 2.15. The van der Waals surface area contributed by atoms with Crippen LogP contribution in [0.1, 0.15) is 21.5 Å². The van der Waals surface area contributed by atoms with Crippen molar-refractivity contribution in [1.29, 1.82) is 5.26 Å². The standard InChI is InChI=1S/C19H17NO4/c1-12-5-4-6-14(7-12)18(21)15(11-20)8-13-9-16(23-2)19(22)17(10-13)24-3/h4-10,22H,1-3H3/b15-8+. The van der Waals surface area contributed by atoms with Crippen LogP contribution in [-0.2, 0) is 0 Å². The fraction of sp³-hybridized carbons (Fsp3) is 0.158. The van der Waals surface area contributed by atoms with E-state index < -0.39 is 0 Å². The van der Waals surface area contributed by atoms with Gasteiger partial charge < -0.3 is 14.6 Å². The third kappa shape index (κ3) is 3.55. The third-order valence-electron chi connectivity index (χ3n) is 3.46. The normalized spacial score (nSPS) is 10.8. The minimum Gasteiger partial charge on any atom is -0.502 e. The lowest BCUT2D eigenvalue weighted by Gasteiger charge is -2.09. The number of rotatable bonds is 5. The zero-order chi connectivity index (χ0) is 17.7. The molecule has 0 radical (unpaired) electrons. The van der Waals surface area contributed by atoms with Crippen LogP contribution in [0.3, 0.4) is 0 Å². The lowest BCUT2D eigenvalue weighted by molar-refractivity contribution is 0.104. The first-order valence-electron chi connectivity index (χ1n) is 7.18. The van der Waals surface area contributed by atoms with E-state index in [0.717, 1.165) is 5.56 Å². The fourth-order valence-electron chi connectivity index (χ4n) is 2.25. The molecule has 0 aliphatic carbocycles. The maximum atomic E-state index is 12.5. The number of hydrogen-bond donors (Lipinski definition) is 1. The van der Waals surface area contributed by atoms with E-state index >= 15 is 0 Å². The fourth-order valence-corrected chi connectivity index (χ4v) is 2.25. The maximum Gasteiger partial charge on any atom is 0.203 e. The Bertz CT molecular complexity index is 822. The molecule has 5 nitrogen and oxygen atoms in total. The molecule has 2 aromatic rings. The molecule has 0 amide bonds. The molecule has 0 atom stereocenters. The number of Topliss-reactive ketones (excluding diaryl/α,β-unsaturated/α-hetero) is 1. The van der Waals surface area contributed by atoms with Gasteiger partial charge in [0, 0.05) is 5.56 Å². The number of aromatic hydroxyl groups is 1. The van der Waals surface area contributed by atoms with Crippen molar-refractivity contribution >= 4 is 11.9 Å². The van der Waals surface area contributed by atoms with Crippen molar-refractivity contribution in [2.45, 2.75) is 6.92 Å².